The lowest BCUT2D eigenvalue weighted by Gasteiger charge is -2.27. The van der Waals surface area contributed by atoms with Gasteiger partial charge in [-0.05, 0) is 97.9 Å². The van der Waals surface area contributed by atoms with Gasteiger partial charge >= 0.3 is 0 Å². The smallest absolute Gasteiger partial charge is 0.244 e. The van der Waals surface area contributed by atoms with Gasteiger partial charge in [0.2, 0.25) is 5.91 Å². The molecule has 48 heavy (non-hydrogen) atoms. The highest BCUT2D eigenvalue weighted by molar-refractivity contribution is 5.86. The molecule has 3 aromatic rings. The third-order valence-electron chi connectivity index (χ3n) is 8.57. The molecule has 12 heteroatoms. The van der Waals surface area contributed by atoms with Crippen LogP contribution in [-0.4, -0.2) is 98.1 Å². The van der Waals surface area contributed by atoms with Crippen LogP contribution < -0.4 is 33.7 Å². The van der Waals surface area contributed by atoms with E-state index in [1.54, 1.807) is 42.7 Å². The maximum Gasteiger partial charge on any atom is 0.244 e. The molecule has 1 heterocycles. The van der Waals surface area contributed by atoms with Crippen LogP contribution in [0.3, 0.4) is 0 Å². The molecule has 1 unspecified atom stereocenters. The Morgan fingerprint density at radius 2 is 1.23 bits per heavy atom. The fourth-order valence-electron chi connectivity index (χ4n) is 5.92. The molecule has 0 fully saturated rings. The SMILES string of the molecule is COc1ccc(CCNC2C(=O)N(CCCN(C)CCc3ccc(OC)c(OC)c3)CCc3cc(OC)c(OC)cc32)cc1OC.Cl.Cl. The number of hydrogen-bond donors (Lipinski definition) is 1. The molecule has 3 aromatic carbocycles. The van der Waals surface area contributed by atoms with Gasteiger partial charge in [0.25, 0.3) is 0 Å². The van der Waals surface area contributed by atoms with Gasteiger partial charge < -0.3 is 43.5 Å². The molecule has 1 atom stereocenters. The van der Waals surface area contributed by atoms with Crippen LogP contribution in [0.25, 0.3) is 0 Å². The second-order valence-electron chi connectivity index (χ2n) is 11.4. The maximum absolute atomic E-state index is 14.1. The third kappa shape index (κ3) is 10.2. The van der Waals surface area contributed by atoms with Gasteiger partial charge in [-0.1, -0.05) is 12.1 Å². The van der Waals surface area contributed by atoms with Gasteiger partial charge in [0.05, 0.1) is 42.7 Å². The Hall–Kier alpha value is -3.57. The number of nitrogens with zero attached hydrogens (tertiary/aromatic N) is 2. The van der Waals surface area contributed by atoms with Crippen LogP contribution in [0.1, 0.15) is 34.7 Å². The van der Waals surface area contributed by atoms with Crippen LogP contribution in [0.5, 0.6) is 34.5 Å². The van der Waals surface area contributed by atoms with Crippen molar-refractivity contribution in [3.63, 3.8) is 0 Å². The minimum atomic E-state index is -0.500. The van der Waals surface area contributed by atoms with E-state index in [0.717, 1.165) is 67.0 Å². The van der Waals surface area contributed by atoms with Crippen molar-refractivity contribution in [1.29, 1.82) is 0 Å². The van der Waals surface area contributed by atoms with Crippen molar-refractivity contribution < 1.29 is 33.2 Å². The van der Waals surface area contributed by atoms with Crippen molar-refractivity contribution >= 4 is 30.7 Å². The number of fused-ring (bicyclic) bond motifs is 1. The fourth-order valence-corrected chi connectivity index (χ4v) is 5.92. The van der Waals surface area contributed by atoms with E-state index in [2.05, 4.69) is 23.3 Å². The first-order valence-corrected chi connectivity index (χ1v) is 15.7. The van der Waals surface area contributed by atoms with E-state index < -0.39 is 6.04 Å². The Morgan fingerprint density at radius 3 is 1.79 bits per heavy atom. The highest BCUT2D eigenvalue weighted by atomic mass is 35.5. The van der Waals surface area contributed by atoms with Crippen molar-refractivity contribution in [2.45, 2.75) is 31.7 Å². The van der Waals surface area contributed by atoms with Crippen molar-refractivity contribution in [2.75, 3.05) is 82.4 Å². The van der Waals surface area contributed by atoms with Gasteiger partial charge in [0.15, 0.2) is 34.5 Å². The van der Waals surface area contributed by atoms with Crippen LogP contribution in [0.15, 0.2) is 48.5 Å². The molecule has 0 aromatic heterocycles. The lowest BCUT2D eigenvalue weighted by Crippen LogP contribution is -2.41. The predicted molar refractivity (Wildman–Crippen MR) is 194 cm³/mol. The van der Waals surface area contributed by atoms with E-state index in [1.807, 2.05) is 47.4 Å². The second kappa shape index (κ2) is 20.1. The third-order valence-corrected chi connectivity index (χ3v) is 8.57. The number of halogens is 2. The maximum atomic E-state index is 14.1. The number of benzene rings is 3. The summed E-state index contributed by atoms with van der Waals surface area (Å²) < 4.78 is 32.9. The Bertz CT molecular complexity index is 1460. The molecule has 0 aliphatic carbocycles. The first-order valence-electron chi connectivity index (χ1n) is 15.7. The largest absolute Gasteiger partial charge is 0.493 e. The molecule has 1 aliphatic rings. The minimum absolute atomic E-state index is 0. The summed E-state index contributed by atoms with van der Waals surface area (Å²) in [6.45, 7) is 3.70. The molecular weight excluding hydrogens is 657 g/mol. The summed E-state index contributed by atoms with van der Waals surface area (Å²) in [6, 6.07) is 15.4. The number of carbonyl (C=O) groups is 1. The van der Waals surface area contributed by atoms with E-state index >= 15 is 0 Å². The van der Waals surface area contributed by atoms with Crippen molar-refractivity contribution in [3.05, 3.63) is 70.8 Å². The van der Waals surface area contributed by atoms with E-state index in [1.165, 1.54) is 5.56 Å². The number of likely N-dealkylation sites (N-methyl/N-ethyl adjacent to an activating group) is 1. The Labute approximate surface area is 297 Å². The summed E-state index contributed by atoms with van der Waals surface area (Å²) in [5, 5.41) is 3.57. The molecule has 1 aliphatic heterocycles. The monoisotopic (exact) mass is 707 g/mol. The minimum Gasteiger partial charge on any atom is -0.493 e. The van der Waals surface area contributed by atoms with Gasteiger partial charge in [-0.2, -0.15) is 0 Å². The van der Waals surface area contributed by atoms with Crippen LogP contribution in [0.2, 0.25) is 0 Å². The molecule has 4 rings (SSSR count). The molecule has 0 saturated heterocycles. The zero-order valence-electron chi connectivity index (χ0n) is 29.1. The van der Waals surface area contributed by atoms with Crippen molar-refractivity contribution in [1.82, 2.24) is 15.1 Å². The molecule has 10 nitrogen and oxygen atoms in total. The lowest BCUT2D eigenvalue weighted by molar-refractivity contribution is -0.133. The zero-order chi connectivity index (χ0) is 33.1. The molecule has 0 spiro atoms. The molecular formula is C36H51Cl2N3O7. The summed E-state index contributed by atoms with van der Waals surface area (Å²) in [5.74, 6) is 4.21. The van der Waals surface area contributed by atoms with Crippen LogP contribution in [0, 0.1) is 0 Å². The zero-order valence-corrected chi connectivity index (χ0v) is 30.8. The van der Waals surface area contributed by atoms with Gasteiger partial charge in [0, 0.05) is 26.2 Å². The number of ether oxygens (including phenoxy) is 6. The topological polar surface area (TPSA) is 91.0 Å². The van der Waals surface area contributed by atoms with E-state index in [9.17, 15) is 4.79 Å². The van der Waals surface area contributed by atoms with Crippen LogP contribution in [0.4, 0.5) is 0 Å². The quantitative estimate of drug-likeness (QED) is 0.198. The molecule has 0 bridgehead atoms. The normalized spacial score (nSPS) is 13.9. The average Bonchev–Trinajstić information content (AvgIpc) is 3.21. The lowest BCUT2D eigenvalue weighted by atomic mass is 9.97. The van der Waals surface area contributed by atoms with E-state index in [0.29, 0.717) is 42.6 Å². The van der Waals surface area contributed by atoms with E-state index in [-0.39, 0.29) is 30.7 Å². The first kappa shape index (κ1) is 40.6. The molecule has 1 N–H and O–H groups in total. The standard InChI is InChI=1S/C36H49N3O7.2ClH/c1-38(19-14-26-10-12-30(42-3)32(22-26)44-5)17-8-18-39-20-15-27-23-33(45-6)34(46-7)24-28(27)35(36(39)40)37-16-13-25-9-11-29(41-2)31(21-25)43-4;;/h9-12,21-24,35,37H,8,13-20H2,1-7H3;2*1H. The highest BCUT2D eigenvalue weighted by Gasteiger charge is 2.32. The number of nitrogens with one attached hydrogen (secondary N) is 1. The predicted octanol–water partition coefficient (Wildman–Crippen LogP) is 5.40. The second-order valence-corrected chi connectivity index (χ2v) is 11.4. The molecule has 1 amide bonds. The summed E-state index contributed by atoms with van der Waals surface area (Å²) in [7, 11) is 11.9. The summed E-state index contributed by atoms with van der Waals surface area (Å²) in [6.07, 6.45) is 3.22. The Balaban J connectivity index is 0.00000400. The fraction of sp³-hybridized carbons (Fsp3) is 0.472. The van der Waals surface area contributed by atoms with Crippen LogP contribution in [-0.2, 0) is 24.1 Å². The summed E-state index contributed by atoms with van der Waals surface area (Å²) in [5.41, 5.74) is 4.30. The number of amides is 1. The number of methoxy groups -OCH3 is 6. The summed E-state index contributed by atoms with van der Waals surface area (Å²) in [4.78, 5) is 18.4. The van der Waals surface area contributed by atoms with Crippen LogP contribution >= 0.6 is 24.8 Å². The van der Waals surface area contributed by atoms with E-state index in [4.69, 9.17) is 28.4 Å². The summed E-state index contributed by atoms with van der Waals surface area (Å²) >= 11 is 0. The van der Waals surface area contributed by atoms with Crippen molar-refractivity contribution in [3.8, 4) is 34.5 Å². The number of rotatable bonds is 17. The molecule has 266 valence electrons. The van der Waals surface area contributed by atoms with Gasteiger partial charge in [0.1, 0.15) is 6.04 Å². The van der Waals surface area contributed by atoms with Gasteiger partial charge in [-0.25, -0.2) is 0 Å². The number of carbonyl (C=O) groups excluding carboxylic acids is 1. The highest BCUT2D eigenvalue weighted by Crippen LogP contribution is 2.36. The molecule has 0 saturated carbocycles. The average molecular weight is 709 g/mol. The van der Waals surface area contributed by atoms with Crippen molar-refractivity contribution in [2.24, 2.45) is 0 Å². The Kier molecular flexibility index (Phi) is 17.0. The molecule has 0 radical (unpaired) electrons. The van der Waals surface area contributed by atoms with Gasteiger partial charge in [-0.3, -0.25) is 4.79 Å². The first-order chi connectivity index (χ1) is 22.3. The Morgan fingerprint density at radius 1 is 0.708 bits per heavy atom. The number of hydrogen-bond acceptors (Lipinski definition) is 9. The van der Waals surface area contributed by atoms with Gasteiger partial charge in [-0.15, -0.1) is 24.8 Å².